The lowest BCUT2D eigenvalue weighted by molar-refractivity contribution is -0.132. The Hall–Kier alpha value is -1.91. The van der Waals surface area contributed by atoms with Crippen molar-refractivity contribution < 1.29 is 14.0 Å². The first-order valence-corrected chi connectivity index (χ1v) is 6.94. The summed E-state index contributed by atoms with van der Waals surface area (Å²) in [6.07, 6.45) is 2.60. The number of nitrogens with one attached hydrogen (secondary N) is 1. The zero-order valence-corrected chi connectivity index (χ0v) is 11.4. The molecular formula is C15H19FN2O2. The molecule has 20 heavy (non-hydrogen) atoms. The SMILES string of the molecule is O=C(CCc1ccccc1F)NCC(=O)N1CCCC1. The van der Waals surface area contributed by atoms with Crippen LogP contribution in [-0.4, -0.2) is 36.3 Å². The van der Waals surface area contributed by atoms with E-state index in [0.29, 0.717) is 12.0 Å². The highest BCUT2D eigenvalue weighted by Gasteiger charge is 2.18. The third-order valence-corrected chi connectivity index (χ3v) is 3.47. The Morgan fingerprint density at radius 2 is 1.90 bits per heavy atom. The van der Waals surface area contributed by atoms with Gasteiger partial charge in [0.25, 0.3) is 0 Å². The molecule has 1 aromatic carbocycles. The van der Waals surface area contributed by atoms with Crippen LogP contribution in [-0.2, 0) is 16.0 Å². The van der Waals surface area contributed by atoms with Crippen molar-refractivity contribution in [2.45, 2.75) is 25.7 Å². The van der Waals surface area contributed by atoms with Gasteiger partial charge in [-0.1, -0.05) is 18.2 Å². The van der Waals surface area contributed by atoms with Gasteiger partial charge in [0.15, 0.2) is 0 Å². The number of benzene rings is 1. The van der Waals surface area contributed by atoms with Crippen molar-refractivity contribution in [2.75, 3.05) is 19.6 Å². The molecule has 1 aliphatic heterocycles. The fraction of sp³-hybridized carbons (Fsp3) is 0.467. The second-order valence-corrected chi connectivity index (χ2v) is 4.96. The predicted octanol–water partition coefficient (Wildman–Crippen LogP) is 1.50. The van der Waals surface area contributed by atoms with Gasteiger partial charge in [-0.05, 0) is 30.9 Å². The molecule has 0 radical (unpaired) electrons. The minimum Gasteiger partial charge on any atom is -0.347 e. The first kappa shape index (κ1) is 14.5. The molecule has 0 atom stereocenters. The molecule has 2 amide bonds. The minimum atomic E-state index is -0.298. The molecule has 1 fully saturated rings. The number of hydrogen-bond donors (Lipinski definition) is 1. The molecule has 0 unspecified atom stereocenters. The number of carbonyl (C=O) groups excluding carboxylic acids is 2. The van der Waals surface area contributed by atoms with Crippen LogP contribution in [0, 0.1) is 5.82 Å². The van der Waals surface area contributed by atoms with E-state index in [9.17, 15) is 14.0 Å². The van der Waals surface area contributed by atoms with E-state index in [2.05, 4.69) is 5.32 Å². The fourth-order valence-electron chi connectivity index (χ4n) is 2.29. The zero-order valence-electron chi connectivity index (χ0n) is 11.4. The summed E-state index contributed by atoms with van der Waals surface area (Å²) in [7, 11) is 0. The van der Waals surface area contributed by atoms with E-state index in [0.717, 1.165) is 25.9 Å². The molecule has 2 rings (SSSR count). The van der Waals surface area contributed by atoms with Crippen LogP contribution in [0.2, 0.25) is 0 Å². The van der Waals surface area contributed by atoms with Crippen molar-refractivity contribution in [1.29, 1.82) is 0 Å². The Bertz CT molecular complexity index is 485. The van der Waals surface area contributed by atoms with Gasteiger partial charge in [-0.15, -0.1) is 0 Å². The molecule has 1 N–H and O–H groups in total. The molecule has 0 aliphatic carbocycles. The van der Waals surface area contributed by atoms with Gasteiger partial charge in [-0.2, -0.15) is 0 Å². The molecule has 0 aromatic heterocycles. The summed E-state index contributed by atoms with van der Waals surface area (Å²) in [5.41, 5.74) is 0.522. The van der Waals surface area contributed by atoms with Gasteiger partial charge in [0, 0.05) is 19.5 Å². The van der Waals surface area contributed by atoms with Crippen LogP contribution < -0.4 is 5.32 Å². The lowest BCUT2D eigenvalue weighted by atomic mass is 10.1. The standard InChI is InChI=1S/C15H19FN2O2/c16-13-6-2-1-5-12(13)7-8-14(19)17-11-15(20)18-9-3-4-10-18/h1-2,5-6H,3-4,7-11H2,(H,17,19). The summed E-state index contributed by atoms with van der Waals surface area (Å²) >= 11 is 0. The summed E-state index contributed by atoms with van der Waals surface area (Å²) in [4.78, 5) is 25.1. The number of hydrogen-bond acceptors (Lipinski definition) is 2. The van der Waals surface area contributed by atoms with Gasteiger partial charge < -0.3 is 10.2 Å². The molecule has 108 valence electrons. The quantitative estimate of drug-likeness (QED) is 0.887. The van der Waals surface area contributed by atoms with Crippen molar-refractivity contribution in [2.24, 2.45) is 0 Å². The average molecular weight is 278 g/mol. The van der Waals surface area contributed by atoms with E-state index in [1.807, 2.05) is 0 Å². The second kappa shape index (κ2) is 7.03. The Kier molecular flexibility index (Phi) is 5.09. The maximum absolute atomic E-state index is 13.4. The van der Waals surface area contributed by atoms with Crippen LogP contribution >= 0.6 is 0 Å². The highest BCUT2D eigenvalue weighted by atomic mass is 19.1. The van der Waals surface area contributed by atoms with Gasteiger partial charge in [-0.25, -0.2) is 4.39 Å². The van der Waals surface area contributed by atoms with Crippen molar-refractivity contribution in [3.05, 3.63) is 35.6 Å². The van der Waals surface area contributed by atoms with E-state index < -0.39 is 0 Å². The smallest absolute Gasteiger partial charge is 0.241 e. The number of amides is 2. The molecule has 0 spiro atoms. The molecule has 1 heterocycles. The third-order valence-electron chi connectivity index (χ3n) is 3.47. The Labute approximate surface area is 118 Å². The Balaban J connectivity index is 1.70. The monoisotopic (exact) mass is 278 g/mol. The number of halogens is 1. The maximum Gasteiger partial charge on any atom is 0.241 e. The average Bonchev–Trinajstić information content (AvgIpc) is 2.98. The van der Waals surface area contributed by atoms with Gasteiger partial charge in [-0.3, -0.25) is 9.59 Å². The van der Waals surface area contributed by atoms with Crippen molar-refractivity contribution in [3.8, 4) is 0 Å². The van der Waals surface area contributed by atoms with Crippen LogP contribution in [0.5, 0.6) is 0 Å². The molecule has 4 nitrogen and oxygen atoms in total. The van der Waals surface area contributed by atoms with E-state index in [-0.39, 0.29) is 30.6 Å². The maximum atomic E-state index is 13.4. The van der Waals surface area contributed by atoms with Crippen LogP contribution in [0.4, 0.5) is 4.39 Å². The zero-order chi connectivity index (χ0) is 14.4. The highest BCUT2D eigenvalue weighted by Crippen LogP contribution is 2.09. The lowest BCUT2D eigenvalue weighted by Gasteiger charge is -2.15. The van der Waals surface area contributed by atoms with Gasteiger partial charge in [0.1, 0.15) is 5.82 Å². The van der Waals surface area contributed by atoms with Crippen molar-refractivity contribution >= 4 is 11.8 Å². The summed E-state index contributed by atoms with van der Waals surface area (Å²) < 4.78 is 13.4. The first-order valence-electron chi connectivity index (χ1n) is 6.94. The van der Waals surface area contributed by atoms with E-state index in [1.165, 1.54) is 6.07 Å². The third kappa shape index (κ3) is 4.05. The molecule has 5 heteroatoms. The number of nitrogens with zero attached hydrogens (tertiary/aromatic N) is 1. The van der Waals surface area contributed by atoms with E-state index >= 15 is 0 Å². The molecular weight excluding hydrogens is 259 g/mol. The van der Waals surface area contributed by atoms with Crippen LogP contribution in [0.15, 0.2) is 24.3 Å². The van der Waals surface area contributed by atoms with Gasteiger partial charge >= 0.3 is 0 Å². The molecule has 0 saturated carbocycles. The highest BCUT2D eigenvalue weighted by molar-refractivity contribution is 5.84. The number of rotatable bonds is 5. The topological polar surface area (TPSA) is 49.4 Å². The molecule has 0 bridgehead atoms. The molecule has 1 aliphatic rings. The number of aryl methyl sites for hydroxylation is 1. The lowest BCUT2D eigenvalue weighted by Crippen LogP contribution is -2.38. The van der Waals surface area contributed by atoms with Crippen LogP contribution in [0.3, 0.4) is 0 Å². The minimum absolute atomic E-state index is 0.0378. The van der Waals surface area contributed by atoms with E-state index in [1.54, 1.807) is 23.1 Å². The second-order valence-electron chi connectivity index (χ2n) is 4.96. The summed E-state index contributed by atoms with van der Waals surface area (Å²) in [6, 6.07) is 6.41. The summed E-state index contributed by atoms with van der Waals surface area (Å²) in [5, 5.41) is 2.60. The molecule has 1 aromatic rings. The van der Waals surface area contributed by atoms with Gasteiger partial charge in [0.2, 0.25) is 11.8 Å². The predicted molar refractivity (Wildman–Crippen MR) is 73.5 cm³/mol. The first-order chi connectivity index (χ1) is 9.66. The Morgan fingerprint density at radius 1 is 1.20 bits per heavy atom. The summed E-state index contributed by atoms with van der Waals surface area (Å²) in [5.74, 6) is -0.559. The summed E-state index contributed by atoms with van der Waals surface area (Å²) in [6.45, 7) is 1.60. The van der Waals surface area contributed by atoms with Crippen LogP contribution in [0.1, 0.15) is 24.8 Å². The Morgan fingerprint density at radius 3 is 2.60 bits per heavy atom. The number of likely N-dealkylation sites (tertiary alicyclic amines) is 1. The largest absolute Gasteiger partial charge is 0.347 e. The van der Waals surface area contributed by atoms with Crippen LogP contribution in [0.25, 0.3) is 0 Å². The fourth-order valence-corrected chi connectivity index (χ4v) is 2.29. The normalized spacial score (nSPS) is 14.3. The molecule has 1 saturated heterocycles. The number of carbonyl (C=O) groups is 2. The van der Waals surface area contributed by atoms with E-state index in [4.69, 9.17) is 0 Å². The van der Waals surface area contributed by atoms with Gasteiger partial charge in [0.05, 0.1) is 6.54 Å². The van der Waals surface area contributed by atoms with Crippen molar-refractivity contribution in [1.82, 2.24) is 10.2 Å². The van der Waals surface area contributed by atoms with Crippen molar-refractivity contribution in [3.63, 3.8) is 0 Å².